The molecule has 0 aliphatic heterocycles. The molecule has 0 fully saturated rings. The number of rotatable bonds is 4. The Kier molecular flexibility index (Phi) is 6.69. The minimum Gasteiger partial charge on any atom is -0.456 e. The molecule has 0 atom stereocenters. The van der Waals surface area contributed by atoms with E-state index in [-0.39, 0.29) is 5.41 Å². The van der Waals surface area contributed by atoms with Crippen molar-refractivity contribution >= 4 is 65.8 Å². The molecule has 4 aromatic heterocycles. The number of para-hydroxylation sites is 2. The average Bonchev–Trinajstić information content (AvgIpc) is 4.04. The van der Waals surface area contributed by atoms with Crippen LogP contribution in [0.1, 0.15) is 25.0 Å². The van der Waals surface area contributed by atoms with E-state index in [1.807, 2.05) is 72.8 Å². The Balaban J connectivity index is 1.06. The van der Waals surface area contributed by atoms with E-state index in [1.54, 1.807) is 0 Å². The zero-order chi connectivity index (χ0) is 39.7. The smallest absolute Gasteiger partial charge is 0.164 e. The molecule has 0 amide bonds. The summed E-state index contributed by atoms with van der Waals surface area (Å²) in [7, 11) is 0. The minimum atomic E-state index is -0.0992. The highest BCUT2D eigenvalue weighted by atomic mass is 16.3. The molecule has 13 rings (SSSR count). The van der Waals surface area contributed by atoms with Gasteiger partial charge in [0.15, 0.2) is 17.5 Å². The molecular formula is C54H33N3O3. The van der Waals surface area contributed by atoms with Crippen LogP contribution in [0.5, 0.6) is 0 Å². The van der Waals surface area contributed by atoms with Crippen molar-refractivity contribution in [2.24, 2.45) is 0 Å². The van der Waals surface area contributed by atoms with Gasteiger partial charge in [-0.1, -0.05) is 123 Å². The summed E-state index contributed by atoms with van der Waals surface area (Å²) in [6.07, 6.45) is 0. The van der Waals surface area contributed by atoms with Crippen LogP contribution in [0.25, 0.3) is 122 Å². The van der Waals surface area contributed by atoms with Crippen molar-refractivity contribution in [3.05, 3.63) is 175 Å². The lowest BCUT2D eigenvalue weighted by Crippen LogP contribution is -2.14. The molecule has 0 bridgehead atoms. The molecule has 1 aliphatic rings. The number of hydrogen-bond acceptors (Lipinski definition) is 6. The van der Waals surface area contributed by atoms with Crippen LogP contribution in [0.15, 0.2) is 177 Å². The van der Waals surface area contributed by atoms with Crippen molar-refractivity contribution in [3.8, 4) is 56.4 Å². The van der Waals surface area contributed by atoms with Gasteiger partial charge in [-0.2, -0.15) is 0 Å². The highest BCUT2D eigenvalue weighted by Gasteiger charge is 2.36. The van der Waals surface area contributed by atoms with E-state index in [2.05, 4.69) is 105 Å². The van der Waals surface area contributed by atoms with Crippen molar-refractivity contribution in [2.75, 3.05) is 0 Å². The summed E-state index contributed by atoms with van der Waals surface area (Å²) in [6.45, 7) is 4.64. The number of fused-ring (bicyclic) bond motifs is 12. The normalized spacial score (nSPS) is 13.3. The molecule has 8 aromatic carbocycles. The van der Waals surface area contributed by atoms with Crippen LogP contribution in [0.4, 0.5) is 0 Å². The largest absolute Gasteiger partial charge is 0.456 e. The zero-order valence-electron chi connectivity index (χ0n) is 32.7. The van der Waals surface area contributed by atoms with Crippen LogP contribution in [0.2, 0.25) is 0 Å². The first-order valence-electron chi connectivity index (χ1n) is 20.3. The fraction of sp³-hybridized carbons (Fsp3) is 0.0556. The lowest BCUT2D eigenvalue weighted by atomic mass is 9.82. The summed E-state index contributed by atoms with van der Waals surface area (Å²) in [5, 5.41) is 5.97. The summed E-state index contributed by atoms with van der Waals surface area (Å²) < 4.78 is 19.1. The molecule has 0 saturated heterocycles. The standard InChI is InChI=1S/C54H33N3O3/c1-54(2)40-18-6-3-13-34(40)48-32(15-9-19-41(48)54)30-24-26-45-39(28-30)50-37(17-11-23-47(50)60-45)53-56-51(31-25-27-44-38(29-31)33-12-4-7-20-42(33)58-44)55-52(57-53)36-16-10-22-46-49(36)35-14-5-8-21-43(35)59-46/h3-29H,1-2H3. The Labute approximate surface area is 343 Å². The van der Waals surface area contributed by atoms with Crippen LogP contribution < -0.4 is 0 Å². The van der Waals surface area contributed by atoms with E-state index in [0.717, 1.165) is 88.1 Å². The molecule has 0 N–H and O–H groups in total. The lowest BCUT2D eigenvalue weighted by Gasteiger charge is -2.21. The maximum Gasteiger partial charge on any atom is 0.164 e. The molecule has 4 heterocycles. The van der Waals surface area contributed by atoms with E-state index in [1.165, 1.54) is 27.8 Å². The molecule has 1 aliphatic carbocycles. The van der Waals surface area contributed by atoms with Crippen LogP contribution in [0, 0.1) is 0 Å². The summed E-state index contributed by atoms with van der Waals surface area (Å²) in [6, 6.07) is 56.6. The fourth-order valence-corrected chi connectivity index (χ4v) is 9.75. The average molecular weight is 772 g/mol. The van der Waals surface area contributed by atoms with Gasteiger partial charge in [0.05, 0.1) is 0 Å². The molecule has 12 aromatic rings. The predicted molar refractivity (Wildman–Crippen MR) is 241 cm³/mol. The Morgan fingerprint density at radius 1 is 0.350 bits per heavy atom. The van der Waals surface area contributed by atoms with Gasteiger partial charge in [-0.05, 0) is 88.0 Å². The van der Waals surface area contributed by atoms with Gasteiger partial charge in [0.1, 0.15) is 33.5 Å². The van der Waals surface area contributed by atoms with Crippen molar-refractivity contribution in [2.45, 2.75) is 19.3 Å². The van der Waals surface area contributed by atoms with Crippen molar-refractivity contribution in [3.63, 3.8) is 0 Å². The van der Waals surface area contributed by atoms with Gasteiger partial charge >= 0.3 is 0 Å². The van der Waals surface area contributed by atoms with E-state index in [4.69, 9.17) is 28.2 Å². The van der Waals surface area contributed by atoms with Crippen LogP contribution in [-0.2, 0) is 5.41 Å². The van der Waals surface area contributed by atoms with Crippen LogP contribution >= 0.6 is 0 Å². The molecule has 6 nitrogen and oxygen atoms in total. The minimum absolute atomic E-state index is 0.0992. The van der Waals surface area contributed by atoms with Gasteiger partial charge in [-0.3, -0.25) is 0 Å². The van der Waals surface area contributed by atoms with Gasteiger partial charge in [-0.15, -0.1) is 0 Å². The van der Waals surface area contributed by atoms with E-state index in [9.17, 15) is 0 Å². The summed E-state index contributed by atoms with van der Waals surface area (Å²) in [5.74, 6) is 1.65. The Morgan fingerprint density at radius 2 is 0.833 bits per heavy atom. The van der Waals surface area contributed by atoms with Gasteiger partial charge in [0.2, 0.25) is 0 Å². The van der Waals surface area contributed by atoms with Gasteiger partial charge in [0, 0.05) is 54.4 Å². The monoisotopic (exact) mass is 771 g/mol. The summed E-state index contributed by atoms with van der Waals surface area (Å²) >= 11 is 0. The topological polar surface area (TPSA) is 78.1 Å². The second-order valence-electron chi connectivity index (χ2n) is 16.3. The summed E-state index contributed by atoms with van der Waals surface area (Å²) in [4.78, 5) is 15.8. The van der Waals surface area contributed by atoms with Crippen molar-refractivity contribution in [1.29, 1.82) is 0 Å². The van der Waals surface area contributed by atoms with Gasteiger partial charge < -0.3 is 13.3 Å². The van der Waals surface area contributed by atoms with Gasteiger partial charge in [0.25, 0.3) is 0 Å². The van der Waals surface area contributed by atoms with E-state index in [0.29, 0.717) is 17.5 Å². The van der Waals surface area contributed by atoms with E-state index >= 15 is 0 Å². The maximum absolute atomic E-state index is 6.60. The number of aromatic nitrogens is 3. The first-order valence-corrected chi connectivity index (χ1v) is 20.3. The number of nitrogens with zero attached hydrogens (tertiary/aromatic N) is 3. The Morgan fingerprint density at radius 3 is 1.60 bits per heavy atom. The highest BCUT2D eigenvalue weighted by molar-refractivity contribution is 6.14. The molecule has 0 radical (unpaired) electrons. The third-order valence-corrected chi connectivity index (χ3v) is 12.6. The maximum atomic E-state index is 6.60. The number of benzene rings is 8. The second-order valence-corrected chi connectivity index (χ2v) is 16.3. The molecule has 0 saturated carbocycles. The Bertz CT molecular complexity index is 3770. The number of hydrogen-bond donors (Lipinski definition) is 0. The second kappa shape index (κ2) is 12.1. The lowest BCUT2D eigenvalue weighted by molar-refractivity contribution is 0.660. The Hall–Kier alpha value is -7.83. The highest BCUT2D eigenvalue weighted by Crippen LogP contribution is 2.52. The molecule has 6 heteroatoms. The molecule has 0 unspecified atom stereocenters. The predicted octanol–water partition coefficient (Wildman–Crippen LogP) is 14.5. The number of furan rings is 3. The molecular weight excluding hydrogens is 739 g/mol. The zero-order valence-corrected chi connectivity index (χ0v) is 32.7. The third-order valence-electron chi connectivity index (χ3n) is 12.6. The summed E-state index contributed by atoms with van der Waals surface area (Å²) in [5.41, 5.74) is 14.9. The van der Waals surface area contributed by atoms with Crippen LogP contribution in [-0.4, -0.2) is 15.0 Å². The molecule has 0 spiro atoms. The quantitative estimate of drug-likeness (QED) is 0.177. The third kappa shape index (κ3) is 4.67. The van der Waals surface area contributed by atoms with E-state index < -0.39 is 0 Å². The molecule has 60 heavy (non-hydrogen) atoms. The fourth-order valence-electron chi connectivity index (χ4n) is 9.75. The van der Waals surface area contributed by atoms with Crippen molar-refractivity contribution < 1.29 is 13.3 Å². The molecule has 282 valence electrons. The van der Waals surface area contributed by atoms with Crippen molar-refractivity contribution in [1.82, 2.24) is 15.0 Å². The van der Waals surface area contributed by atoms with Crippen LogP contribution in [0.3, 0.4) is 0 Å². The first-order chi connectivity index (χ1) is 29.5. The van der Waals surface area contributed by atoms with Gasteiger partial charge in [-0.25, -0.2) is 15.0 Å². The SMILES string of the molecule is CC1(C)c2ccccc2-c2c(-c3ccc4oc5cccc(-c6nc(-c7ccc8oc9ccccc9c8c7)nc(-c7cccc8oc9ccccc9c78)n6)c5c4c3)cccc21. The first kappa shape index (κ1) is 33.2.